The Morgan fingerprint density at radius 1 is 1.18 bits per heavy atom. The van der Waals surface area contributed by atoms with Gasteiger partial charge in [-0.1, -0.05) is 32.0 Å². The molecule has 1 aromatic heterocycles. The van der Waals surface area contributed by atoms with Gasteiger partial charge in [0.1, 0.15) is 18.8 Å². The number of carbonyl (C=O) groups is 4. The smallest absolute Gasteiger partial charge is 0.252 e. The Bertz CT molecular complexity index is 1220. The topological polar surface area (TPSA) is 170 Å². The van der Waals surface area contributed by atoms with Crippen molar-refractivity contribution < 1.29 is 23.6 Å². The molecule has 1 aliphatic heterocycles. The highest BCUT2D eigenvalue weighted by molar-refractivity contribution is 6.07. The molecule has 0 saturated carbocycles. The monoisotopic (exact) mass is 541 g/mol. The Balaban J connectivity index is 1.71. The van der Waals surface area contributed by atoms with Crippen LogP contribution in [0.1, 0.15) is 49.9 Å². The number of nitrogens with one attached hydrogen (secondary N) is 4. The summed E-state index contributed by atoms with van der Waals surface area (Å²) < 4.78 is 13.2. The first kappa shape index (κ1) is 29.5. The molecule has 0 aliphatic carbocycles. The molecule has 2 aromatic rings. The number of fused-ring (bicyclic) bond motifs is 1. The van der Waals surface area contributed by atoms with Crippen molar-refractivity contribution in [2.24, 2.45) is 11.7 Å². The number of guanidine groups is 1. The molecule has 0 unspecified atom stereocenters. The second-order valence-corrected chi connectivity index (χ2v) is 9.90. The summed E-state index contributed by atoms with van der Waals surface area (Å²) in [7, 11) is 0. The second-order valence-electron chi connectivity index (χ2n) is 9.90. The lowest BCUT2D eigenvalue weighted by Gasteiger charge is -2.31. The molecule has 0 bridgehead atoms. The molecule has 1 saturated heterocycles. The molecular formula is C27H36FN7O4. The van der Waals surface area contributed by atoms with E-state index in [4.69, 9.17) is 11.1 Å². The Hall–Kier alpha value is -4.09. The van der Waals surface area contributed by atoms with E-state index in [0.29, 0.717) is 42.3 Å². The van der Waals surface area contributed by atoms with Crippen molar-refractivity contribution >= 4 is 40.4 Å². The van der Waals surface area contributed by atoms with Crippen molar-refractivity contribution in [1.29, 1.82) is 5.41 Å². The van der Waals surface area contributed by atoms with Gasteiger partial charge in [0.25, 0.3) is 5.91 Å². The van der Waals surface area contributed by atoms with Crippen molar-refractivity contribution in [2.45, 2.75) is 57.7 Å². The molecule has 3 atom stereocenters. The molecule has 210 valence electrons. The fraction of sp³-hybridized carbons (Fsp3) is 0.481. The van der Waals surface area contributed by atoms with Gasteiger partial charge in [0.2, 0.25) is 11.8 Å². The van der Waals surface area contributed by atoms with Gasteiger partial charge in [0.15, 0.2) is 11.7 Å². The quantitative estimate of drug-likeness (QED) is 0.153. The first-order valence-corrected chi connectivity index (χ1v) is 13.1. The standard InChI is InChI=1S/C27H36FN7O4/c1-16(2)23(34-24(37)18-11-13-31-19-8-4-3-7-17(18)19)26(39)35-14-6-10-21(35)25(38)33-20(22(36)15-28)9-5-12-32-27(29)30/h3-4,7-8,11,13,16,20-21,23H,5-6,9-10,12,14-15H2,1-2H3,(H,33,38)(H,34,37)(H4,29,30,32)/t20-,21-,23-/m0/s1. The van der Waals surface area contributed by atoms with Crippen LogP contribution in [0.4, 0.5) is 4.39 Å². The number of hydrogen-bond acceptors (Lipinski definition) is 6. The zero-order chi connectivity index (χ0) is 28.5. The predicted molar refractivity (Wildman–Crippen MR) is 145 cm³/mol. The summed E-state index contributed by atoms with van der Waals surface area (Å²) in [6.07, 6.45) is 3.01. The van der Waals surface area contributed by atoms with Crippen LogP contribution in [0.2, 0.25) is 0 Å². The van der Waals surface area contributed by atoms with Gasteiger partial charge in [-0.05, 0) is 43.7 Å². The third-order valence-electron chi connectivity index (χ3n) is 6.77. The molecule has 3 amide bonds. The molecule has 3 rings (SSSR count). The molecule has 1 fully saturated rings. The number of rotatable bonds is 12. The number of amides is 3. The van der Waals surface area contributed by atoms with Crippen LogP contribution in [0.25, 0.3) is 10.9 Å². The number of aromatic nitrogens is 1. The number of carbonyl (C=O) groups excluding carboxylic acids is 4. The summed E-state index contributed by atoms with van der Waals surface area (Å²) in [4.78, 5) is 57.9. The van der Waals surface area contributed by atoms with E-state index in [-0.39, 0.29) is 24.8 Å². The SMILES string of the molecule is CC(C)[C@H](NC(=O)c1ccnc2ccccc12)C(=O)N1CCC[C@H]1C(=O)N[C@@H](CCCNC(=N)N)C(=O)CF. The Morgan fingerprint density at radius 3 is 2.62 bits per heavy atom. The maximum absolute atomic E-state index is 13.6. The second kappa shape index (κ2) is 13.6. The normalized spacial score (nSPS) is 16.5. The minimum atomic E-state index is -1.23. The average molecular weight is 542 g/mol. The highest BCUT2D eigenvalue weighted by Crippen LogP contribution is 2.22. The van der Waals surface area contributed by atoms with Crippen LogP contribution in [0, 0.1) is 11.3 Å². The van der Waals surface area contributed by atoms with Gasteiger partial charge >= 0.3 is 0 Å². The van der Waals surface area contributed by atoms with E-state index >= 15 is 0 Å². The summed E-state index contributed by atoms with van der Waals surface area (Å²) in [5.74, 6) is -2.62. The minimum absolute atomic E-state index is 0.153. The molecule has 39 heavy (non-hydrogen) atoms. The average Bonchev–Trinajstić information content (AvgIpc) is 3.42. The van der Waals surface area contributed by atoms with E-state index in [2.05, 4.69) is 20.9 Å². The van der Waals surface area contributed by atoms with Crippen LogP contribution in [0.3, 0.4) is 0 Å². The van der Waals surface area contributed by atoms with Crippen molar-refractivity contribution in [3.8, 4) is 0 Å². The zero-order valence-electron chi connectivity index (χ0n) is 22.2. The van der Waals surface area contributed by atoms with Crippen molar-refractivity contribution in [3.63, 3.8) is 0 Å². The molecule has 11 nitrogen and oxygen atoms in total. The largest absolute Gasteiger partial charge is 0.370 e. The molecule has 1 aliphatic rings. The number of halogens is 1. The lowest BCUT2D eigenvalue weighted by Crippen LogP contribution is -2.56. The first-order valence-electron chi connectivity index (χ1n) is 13.1. The molecule has 1 aromatic carbocycles. The molecule has 0 spiro atoms. The predicted octanol–water partition coefficient (Wildman–Crippen LogP) is 1.27. The number of likely N-dealkylation sites (tertiary alicyclic amines) is 1. The number of nitrogens with zero attached hydrogens (tertiary/aromatic N) is 2. The summed E-state index contributed by atoms with van der Waals surface area (Å²) in [5.41, 5.74) is 6.29. The first-order chi connectivity index (χ1) is 18.6. The summed E-state index contributed by atoms with van der Waals surface area (Å²) in [6.45, 7) is 2.99. The van der Waals surface area contributed by atoms with Crippen molar-refractivity contribution in [3.05, 3.63) is 42.1 Å². The lowest BCUT2D eigenvalue weighted by atomic mass is 10.0. The van der Waals surface area contributed by atoms with Gasteiger partial charge in [0.05, 0.1) is 17.1 Å². The van der Waals surface area contributed by atoms with Gasteiger partial charge < -0.3 is 26.6 Å². The number of pyridine rings is 1. The Labute approximate surface area is 226 Å². The van der Waals surface area contributed by atoms with E-state index in [1.807, 2.05) is 19.9 Å². The van der Waals surface area contributed by atoms with Gasteiger partial charge in [0, 0.05) is 24.7 Å². The Morgan fingerprint density at radius 2 is 1.92 bits per heavy atom. The Kier molecular flexibility index (Phi) is 10.3. The number of hydrogen-bond donors (Lipinski definition) is 5. The number of ketones is 1. The maximum Gasteiger partial charge on any atom is 0.252 e. The fourth-order valence-corrected chi connectivity index (χ4v) is 4.71. The zero-order valence-corrected chi connectivity index (χ0v) is 22.2. The van der Waals surface area contributed by atoms with Gasteiger partial charge in [-0.2, -0.15) is 0 Å². The minimum Gasteiger partial charge on any atom is -0.370 e. The molecule has 6 N–H and O–H groups in total. The number of Topliss-reactive ketones (excluding diaryl/α,β-unsaturated/α-hetero) is 1. The number of alkyl halides is 1. The summed E-state index contributed by atoms with van der Waals surface area (Å²) >= 11 is 0. The van der Waals surface area contributed by atoms with Crippen LogP contribution in [-0.4, -0.2) is 77.2 Å². The van der Waals surface area contributed by atoms with E-state index in [1.165, 1.54) is 11.1 Å². The molecule has 0 radical (unpaired) electrons. The van der Waals surface area contributed by atoms with E-state index < -0.39 is 48.3 Å². The highest BCUT2D eigenvalue weighted by Gasteiger charge is 2.39. The molecule has 2 heterocycles. The lowest BCUT2D eigenvalue weighted by molar-refractivity contribution is -0.141. The third kappa shape index (κ3) is 7.49. The fourth-order valence-electron chi connectivity index (χ4n) is 4.71. The van der Waals surface area contributed by atoms with E-state index in [0.717, 1.165) is 0 Å². The number of para-hydroxylation sites is 1. The van der Waals surface area contributed by atoms with Crippen LogP contribution >= 0.6 is 0 Å². The van der Waals surface area contributed by atoms with Gasteiger partial charge in [-0.3, -0.25) is 29.6 Å². The highest BCUT2D eigenvalue weighted by atomic mass is 19.1. The van der Waals surface area contributed by atoms with Crippen LogP contribution in [-0.2, 0) is 14.4 Å². The van der Waals surface area contributed by atoms with Gasteiger partial charge in [-0.25, -0.2) is 4.39 Å². The van der Waals surface area contributed by atoms with Crippen LogP contribution < -0.4 is 21.7 Å². The van der Waals surface area contributed by atoms with Crippen molar-refractivity contribution in [2.75, 3.05) is 19.8 Å². The summed E-state index contributed by atoms with van der Waals surface area (Å²) in [6, 6.07) is 6.02. The third-order valence-corrected chi connectivity index (χ3v) is 6.77. The number of benzene rings is 1. The van der Waals surface area contributed by atoms with Crippen LogP contribution in [0.5, 0.6) is 0 Å². The van der Waals surface area contributed by atoms with E-state index in [9.17, 15) is 23.6 Å². The summed E-state index contributed by atoms with van der Waals surface area (Å²) in [5, 5.41) is 15.9. The molecular weight excluding hydrogens is 505 g/mol. The van der Waals surface area contributed by atoms with E-state index in [1.54, 1.807) is 24.3 Å². The van der Waals surface area contributed by atoms with Crippen LogP contribution in [0.15, 0.2) is 36.5 Å². The van der Waals surface area contributed by atoms with Crippen molar-refractivity contribution in [1.82, 2.24) is 25.8 Å². The molecule has 12 heteroatoms. The van der Waals surface area contributed by atoms with Gasteiger partial charge in [-0.15, -0.1) is 0 Å². The maximum atomic E-state index is 13.6. The number of nitrogens with two attached hydrogens (primary N) is 1.